The molecule has 46 heavy (non-hydrogen) atoms. The van der Waals surface area contributed by atoms with Crippen molar-refractivity contribution in [3.63, 3.8) is 0 Å². The predicted molar refractivity (Wildman–Crippen MR) is 187 cm³/mol. The quantitative estimate of drug-likeness (QED) is 0.186. The van der Waals surface area contributed by atoms with E-state index < -0.39 is 0 Å². The molecular formula is C44H32F2. The van der Waals surface area contributed by atoms with Crippen molar-refractivity contribution in [2.24, 2.45) is 0 Å². The van der Waals surface area contributed by atoms with Gasteiger partial charge in [0, 0.05) is 10.8 Å². The molecule has 9 rings (SSSR count). The number of fused-ring (bicyclic) bond motifs is 10. The standard InChI is InChI=1S/C44H32F2/c1-43(2)37-23-36-38(24-35(37)41-31-11-7-5-9-29(31)33(21-39(41)43)25-13-17-27(45)18-14-25)44(3,4)40-22-34(26-15-19-28(46)20-16-26)30-10-6-8-12-32(30)42(36)40/h5-24H,1-4H3. The topological polar surface area (TPSA) is 0 Å². The average molecular weight is 599 g/mol. The second kappa shape index (κ2) is 9.23. The van der Waals surface area contributed by atoms with Crippen molar-refractivity contribution >= 4 is 21.5 Å². The van der Waals surface area contributed by atoms with E-state index in [1.807, 2.05) is 24.3 Å². The highest BCUT2D eigenvalue weighted by Crippen LogP contribution is 2.59. The van der Waals surface area contributed by atoms with Crippen molar-refractivity contribution in [3.05, 3.63) is 155 Å². The molecule has 2 aliphatic rings. The molecule has 0 amide bonds. The lowest BCUT2D eigenvalue weighted by Gasteiger charge is -2.24. The first-order valence-electron chi connectivity index (χ1n) is 16.0. The SMILES string of the molecule is CC1(C)c2cc3c(cc2-c2c1cc(-c1ccc(F)cc1)c1ccccc21)C(C)(C)c1cc(-c2ccc(F)cc2)c2ccccc2c1-3. The summed E-state index contributed by atoms with van der Waals surface area (Å²) < 4.78 is 27.9. The maximum Gasteiger partial charge on any atom is 0.123 e. The monoisotopic (exact) mass is 598 g/mol. The van der Waals surface area contributed by atoms with Gasteiger partial charge in [-0.3, -0.25) is 0 Å². The maximum atomic E-state index is 13.9. The molecule has 0 N–H and O–H groups in total. The van der Waals surface area contributed by atoms with E-state index in [-0.39, 0.29) is 22.5 Å². The van der Waals surface area contributed by atoms with Gasteiger partial charge in [0.15, 0.2) is 0 Å². The summed E-state index contributed by atoms with van der Waals surface area (Å²) in [6, 6.07) is 40.7. The number of halogens is 2. The zero-order valence-electron chi connectivity index (χ0n) is 26.3. The molecule has 2 heteroatoms. The summed E-state index contributed by atoms with van der Waals surface area (Å²) >= 11 is 0. The van der Waals surface area contributed by atoms with E-state index in [9.17, 15) is 8.78 Å². The largest absolute Gasteiger partial charge is 0.207 e. The van der Waals surface area contributed by atoms with Gasteiger partial charge in [-0.1, -0.05) is 100 Å². The number of benzene rings is 7. The van der Waals surface area contributed by atoms with E-state index in [1.165, 1.54) is 66.1 Å². The lowest BCUT2D eigenvalue weighted by Crippen LogP contribution is -2.17. The summed E-state index contributed by atoms with van der Waals surface area (Å²) in [6.07, 6.45) is 0. The van der Waals surface area contributed by atoms with E-state index in [0.717, 1.165) is 22.3 Å². The fourth-order valence-corrected chi connectivity index (χ4v) is 8.39. The molecule has 2 aliphatic carbocycles. The van der Waals surface area contributed by atoms with Crippen molar-refractivity contribution in [1.29, 1.82) is 0 Å². The second-order valence-corrected chi connectivity index (χ2v) is 14.0. The van der Waals surface area contributed by atoms with E-state index in [4.69, 9.17) is 0 Å². The van der Waals surface area contributed by atoms with E-state index in [1.54, 1.807) is 24.3 Å². The number of hydrogen-bond acceptors (Lipinski definition) is 0. The zero-order chi connectivity index (χ0) is 31.5. The van der Waals surface area contributed by atoms with Crippen LogP contribution in [0.5, 0.6) is 0 Å². The summed E-state index contributed by atoms with van der Waals surface area (Å²) in [6.45, 7) is 9.35. The molecule has 0 nitrogen and oxygen atoms in total. The van der Waals surface area contributed by atoms with Crippen LogP contribution in [0, 0.1) is 11.6 Å². The molecule has 0 radical (unpaired) electrons. The Labute approximate surface area is 268 Å². The van der Waals surface area contributed by atoms with Crippen molar-refractivity contribution in [2.45, 2.75) is 38.5 Å². The minimum Gasteiger partial charge on any atom is -0.207 e. The molecule has 0 spiro atoms. The molecule has 7 aromatic rings. The van der Waals surface area contributed by atoms with Gasteiger partial charge in [-0.25, -0.2) is 8.78 Å². The van der Waals surface area contributed by atoms with Gasteiger partial charge in [-0.2, -0.15) is 0 Å². The van der Waals surface area contributed by atoms with Crippen LogP contribution in [0.4, 0.5) is 8.78 Å². The average Bonchev–Trinajstić information content (AvgIpc) is 3.43. The van der Waals surface area contributed by atoms with Gasteiger partial charge in [0.25, 0.3) is 0 Å². The van der Waals surface area contributed by atoms with Gasteiger partial charge >= 0.3 is 0 Å². The van der Waals surface area contributed by atoms with Crippen molar-refractivity contribution < 1.29 is 8.78 Å². The molecule has 0 saturated carbocycles. The lowest BCUT2D eigenvalue weighted by molar-refractivity contribution is 0.627. The molecule has 0 saturated heterocycles. The minimum atomic E-state index is -0.241. The van der Waals surface area contributed by atoms with Gasteiger partial charge < -0.3 is 0 Å². The molecule has 0 heterocycles. The Hall–Kier alpha value is -5.08. The highest BCUT2D eigenvalue weighted by atomic mass is 19.1. The van der Waals surface area contributed by atoms with E-state index in [0.29, 0.717) is 0 Å². The van der Waals surface area contributed by atoms with Crippen LogP contribution in [0.15, 0.2) is 121 Å². The highest BCUT2D eigenvalue weighted by molar-refractivity contribution is 6.12. The van der Waals surface area contributed by atoms with E-state index >= 15 is 0 Å². The van der Waals surface area contributed by atoms with E-state index in [2.05, 4.69) is 100 Å². The molecule has 7 aromatic carbocycles. The van der Waals surface area contributed by atoms with Gasteiger partial charge in [-0.05, 0) is 137 Å². The van der Waals surface area contributed by atoms with Crippen LogP contribution in [-0.2, 0) is 10.8 Å². The maximum absolute atomic E-state index is 13.9. The first-order chi connectivity index (χ1) is 22.1. The summed E-state index contributed by atoms with van der Waals surface area (Å²) in [4.78, 5) is 0. The minimum absolute atomic E-state index is 0.225. The Kier molecular flexibility index (Phi) is 5.47. The summed E-state index contributed by atoms with van der Waals surface area (Å²) in [5.41, 5.74) is 14.3. The van der Waals surface area contributed by atoms with Crippen LogP contribution in [0.2, 0.25) is 0 Å². The first-order valence-corrected chi connectivity index (χ1v) is 16.0. The second-order valence-electron chi connectivity index (χ2n) is 14.0. The fraction of sp³-hybridized carbons (Fsp3) is 0.136. The van der Waals surface area contributed by atoms with Gasteiger partial charge in [0.1, 0.15) is 11.6 Å². The Morgan fingerprint density at radius 1 is 0.370 bits per heavy atom. The Bertz CT molecular complexity index is 2240. The van der Waals surface area contributed by atoms with Crippen molar-refractivity contribution in [2.75, 3.05) is 0 Å². The van der Waals surface area contributed by atoms with Crippen LogP contribution < -0.4 is 0 Å². The third-order valence-electron chi connectivity index (χ3n) is 10.8. The summed E-state index contributed by atoms with van der Waals surface area (Å²) in [7, 11) is 0. The van der Waals surface area contributed by atoms with Crippen molar-refractivity contribution in [3.8, 4) is 44.5 Å². The first kappa shape index (κ1) is 27.2. The molecule has 0 fully saturated rings. The molecule has 0 aliphatic heterocycles. The predicted octanol–water partition coefficient (Wildman–Crippen LogP) is 12.2. The van der Waals surface area contributed by atoms with Crippen molar-refractivity contribution in [1.82, 2.24) is 0 Å². The molecule has 0 aromatic heterocycles. The molecule has 222 valence electrons. The number of hydrogen-bond donors (Lipinski definition) is 0. The third kappa shape index (κ3) is 3.59. The normalized spacial score (nSPS) is 15.1. The van der Waals surface area contributed by atoms with Crippen LogP contribution in [0.25, 0.3) is 66.1 Å². The highest BCUT2D eigenvalue weighted by Gasteiger charge is 2.43. The van der Waals surface area contributed by atoms with Gasteiger partial charge in [0.2, 0.25) is 0 Å². The van der Waals surface area contributed by atoms with Crippen LogP contribution in [-0.4, -0.2) is 0 Å². The lowest BCUT2D eigenvalue weighted by atomic mass is 9.78. The number of rotatable bonds is 2. The summed E-state index contributed by atoms with van der Waals surface area (Å²) in [5, 5.41) is 4.80. The summed E-state index contributed by atoms with van der Waals surface area (Å²) in [5.74, 6) is -0.451. The van der Waals surface area contributed by atoms with Crippen LogP contribution >= 0.6 is 0 Å². The molecule has 0 unspecified atom stereocenters. The van der Waals surface area contributed by atoms with Gasteiger partial charge in [-0.15, -0.1) is 0 Å². The Morgan fingerprint density at radius 2 is 0.696 bits per heavy atom. The zero-order valence-corrected chi connectivity index (χ0v) is 26.3. The Morgan fingerprint density at radius 3 is 1.07 bits per heavy atom. The fourth-order valence-electron chi connectivity index (χ4n) is 8.39. The van der Waals surface area contributed by atoms with Gasteiger partial charge in [0.05, 0.1) is 0 Å². The third-order valence-corrected chi connectivity index (χ3v) is 10.8. The molecule has 0 atom stereocenters. The molecule has 0 bridgehead atoms. The van der Waals surface area contributed by atoms with Crippen LogP contribution in [0.3, 0.4) is 0 Å². The molecular weight excluding hydrogens is 566 g/mol. The van der Waals surface area contributed by atoms with Crippen LogP contribution in [0.1, 0.15) is 49.9 Å². The smallest absolute Gasteiger partial charge is 0.123 e. The Balaban J connectivity index is 1.32.